The van der Waals surface area contributed by atoms with E-state index in [0.29, 0.717) is 5.82 Å². The van der Waals surface area contributed by atoms with Crippen molar-refractivity contribution in [3.63, 3.8) is 0 Å². The van der Waals surface area contributed by atoms with Gasteiger partial charge in [0.05, 0.1) is 11.4 Å². The summed E-state index contributed by atoms with van der Waals surface area (Å²) < 4.78 is 7.88. The summed E-state index contributed by atoms with van der Waals surface area (Å²) in [6, 6.07) is 65.1. The zero-order valence-corrected chi connectivity index (χ0v) is 35.3. The van der Waals surface area contributed by atoms with Crippen LogP contribution in [0.4, 0.5) is 0 Å². The van der Waals surface area contributed by atoms with Crippen molar-refractivity contribution in [3.05, 3.63) is 227 Å². The van der Waals surface area contributed by atoms with Crippen molar-refractivity contribution in [3.8, 4) is 61.9 Å². The first-order valence-electron chi connectivity index (χ1n) is 21.7. The number of nitrogens with zero attached hydrogens (tertiary/aromatic N) is 2. The van der Waals surface area contributed by atoms with Gasteiger partial charge in [-0.25, -0.2) is 9.97 Å². The smallest absolute Gasteiger partial charge is 0.178 e. The van der Waals surface area contributed by atoms with Gasteiger partial charge in [0.15, 0.2) is 11.4 Å². The predicted molar refractivity (Wildman–Crippen MR) is 254 cm³/mol. The normalized spacial score (nSPS) is 17.1. The molecule has 0 amide bonds. The second-order valence-electron chi connectivity index (χ2n) is 18.1. The first-order chi connectivity index (χ1) is 30.2. The largest absolute Gasteiger partial charge is 0.472 e. The fraction of sp³-hybridized carbons (Fsp3) is 0.119. The summed E-state index contributed by atoms with van der Waals surface area (Å²) >= 11 is 0. The van der Waals surface area contributed by atoms with Crippen molar-refractivity contribution >= 4 is 16.8 Å². The minimum absolute atomic E-state index is 0.190. The maximum Gasteiger partial charge on any atom is 0.178 e. The van der Waals surface area contributed by atoms with Gasteiger partial charge in [-0.2, -0.15) is 0 Å². The van der Waals surface area contributed by atoms with E-state index >= 15 is 0 Å². The van der Waals surface area contributed by atoms with Crippen LogP contribution < -0.4 is 4.74 Å². The summed E-state index contributed by atoms with van der Waals surface area (Å²) in [7, 11) is 0. The Morgan fingerprint density at radius 3 is 1.71 bits per heavy atom. The fourth-order valence-electron chi connectivity index (χ4n) is 10.8. The van der Waals surface area contributed by atoms with Gasteiger partial charge in [-0.1, -0.05) is 198 Å². The zero-order chi connectivity index (χ0) is 41.8. The summed E-state index contributed by atoms with van der Waals surface area (Å²) in [6.45, 7) is 9.41. The van der Waals surface area contributed by atoms with E-state index in [0.717, 1.165) is 55.9 Å². The average Bonchev–Trinajstić information content (AvgIpc) is 3.71. The van der Waals surface area contributed by atoms with Crippen molar-refractivity contribution in [1.29, 1.82) is 0 Å². The summed E-state index contributed by atoms with van der Waals surface area (Å²) in [6.07, 6.45) is 4.67. The van der Waals surface area contributed by atoms with Gasteiger partial charge < -0.3 is 4.74 Å². The van der Waals surface area contributed by atoms with Crippen LogP contribution in [0, 0.1) is 0 Å². The van der Waals surface area contributed by atoms with Crippen LogP contribution in [0.2, 0.25) is 0 Å². The third kappa shape index (κ3) is 5.24. The van der Waals surface area contributed by atoms with Crippen LogP contribution in [0.15, 0.2) is 188 Å². The van der Waals surface area contributed by atoms with Crippen LogP contribution in [-0.4, -0.2) is 9.97 Å². The Balaban J connectivity index is 1.10. The fourth-order valence-corrected chi connectivity index (χ4v) is 10.8. The predicted octanol–water partition coefficient (Wildman–Crippen LogP) is 14.6. The minimum Gasteiger partial charge on any atom is -0.472 e. The van der Waals surface area contributed by atoms with Crippen LogP contribution in [0.25, 0.3) is 73.0 Å². The van der Waals surface area contributed by atoms with Gasteiger partial charge in [0.25, 0.3) is 0 Å². The lowest BCUT2D eigenvalue weighted by Gasteiger charge is -2.39. The summed E-state index contributed by atoms with van der Waals surface area (Å²) in [5.74, 6) is 1.57. The molecule has 0 saturated carbocycles. The number of aromatic nitrogens is 2. The Labute approximate surface area is 363 Å². The van der Waals surface area contributed by atoms with Gasteiger partial charge in [0.2, 0.25) is 0 Å². The highest BCUT2D eigenvalue weighted by molar-refractivity contribution is 6.08. The van der Waals surface area contributed by atoms with E-state index in [-0.39, 0.29) is 10.8 Å². The molecule has 0 bridgehead atoms. The molecule has 9 aromatic rings. The number of hydrogen-bond donors (Lipinski definition) is 0. The van der Waals surface area contributed by atoms with E-state index in [4.69, 9.17) is 14.7 Å². The Bertz CT molecular complexity index is 3270. The number of benzene rings is 8. The lowest BCUT2D eigenvalue weighted by atomic mass is 9.75. The number of fused-ring (bicyclic) bond motifs is 11. The van der Waals surface area contributed by atoms with Crippen LogP contribution in [-0.2, 0) is 16.4 Å². The van der Waals surface area contributed by atoms with E-state index in [9.17, 15) is 0 Å². The van der Waals surface area contributed by atoms with Gasteiger partial charge in [-0.3, -0.25) is 0 Å². The quantitative estimate of drug-likeness (QED) is 0.174. The number of rotatable bonds is 5. The number of hydrogen-bond acceptors (Lipinski definition) is 3. The van der Waals surface area contributed by atoms with E-state index in [1.54, 1.807) is 0 Å². The molecule has 1 unspecified atom stereocenters. The molecular formula is C59H44N2O. The molecule has 0 saturated heterocycles. The van der Waals surface area contributed by atoms with Crippen LogP contribution in [0.1, 0.15) is 66.6 Å². The Hall–Kier alpha value is -7.36. The zero-order valence-electron chi connectivity index (χ0n) is 35.3. The molecule has 0 N–H and O–H groups in total. The first kappa shape index (κ1) is 36.5. The molecular weight excluding hydrogens is 753 g/mol. The van der Waals surface area contributed by atoms with Gasteiger partial charge in [-0.05, 0) is 74.2 Å². The Morgan fingerprint density at radius 1 is 0.435 bits per heavy atom. The first-order valence-corrected chi connectivity index (χ1v) is 21.7. The van der Waals surface area contributed by atoms with Gasteiger partial charge in [0.1, 0.15) is 5.75 Å². The second-order valence-corrected chi connectivity index (χ2v) is 18.1. The van der Waals surface area contributed by atoms with Crippen molar-refractivity contribution in [2.24, 2.45) is 0 Å². The summed E-state index contributed by atoms with van der Waals surface area (Å²) in [5, 5.41) is 2.32. The lowest BCUT2D eigenvalue weighted by Crippen LogP contribution is -2.35. The highest BCUT2D eigenvalue weighted by Crippen LogP contribution is 2.59. The molecule has 2 heterocycles. The van der Waals surface area contributed by atoms with Gasteiger partial charge in [0, 0.05) is 49.6 Å². The lowest BCUT2D eigenvalue weighted by molar-refractivity contribution is 0.163. The van der Waals surface area contributed by atoms with Gasteiger partial charge in [-0.15, -0.1) is 0 Å². The van der Waals surface area contributed by atoms with Crippen LogP contribution >= 0.6 is 0 Å². The molecule has 0 spiro atoms. The number of ether oxygens (including phenoxy) is 1. The Kier molecular flexibility index (Phi) is 7.84. The molecule has 3 nitrogen and oxygen atoms in total. The third-order valence-electron chi connectivity index (χ3n) is 13.9. The standard InChI is InChI=1S/C59H44N2O/c1-57(2)48-28-15-13-24-42(48)43-31-30-41(35-50(43)57)59(33-32-47-54-53(44-25-11-12-26-45(44)55(47)62-59)46-27-14-16-29-49(46)58(54,3)4)40-23-17-22-39(34-40)56-60-51(37-18-7-5-8-19-37)36-52(61-56)38-20-9-6-10-21-38/h5-36H,1-4H3. The molecule has 62 heavy (non-hydrogen) atoms. The van der Waals surface area contributed by atoms with E-state index in [1.165, 1.54) is 49.9 Å². The maximum absolute atomic E-state index is 7.88. The maximum atomic E-state index is 7.88. The molecule has 2 aliphatic carbocycles. The molecule has 1 aromatic heterocycles. The molecule has 3 aliphatic rings. The van der Waals surface area contributed by atoms with E-state index in [2.05, 4.69) is 210 Å². The molecule has 1 aliphatic heterocycles. The van der Waals surface area contributed by atoms with Crippen LogP contribution in [0.5, 0.6) is 5.75 Å². The SMILES string of the molecule is CC1(C)c2ccccc2-c2ccc(C3(c4cccc(-c5nc(-c6ccccc6)cc(-c6ccccc6)n5)c4)C=Cc4c5c(c6ccccc6c4O3)-c3ccccc3C5(C)C)cc21. The molecule has 1 atom stereocenters. The molecule has 0 radical (unpaired) electrons. The monoisotopic (exact) mass is 796 g/mol. The molecule has 8 aromatic carbocycles. The molecule has 3 heteroatoms. The molecule has 296 valence electrons. The van der Waals surface area contributed by atoms with Crippen molar-refractivity contribution in [2.75, 3.05) is 0 Å². The average molecular weight is 797 g/mol. The Morgan fingerprint density at radius 2 is 1.00 bits per heavy atom. The molecule has 0 fully saturated rings. The van der Waals surface area contributed by atoms with E-state index in [1.807, 2.05) is 12.1 Å². The third-order valence-corrected chi connectivity index (χ3v) is 13.9. The van der Waals surface area contributed by atoms with Gasteiger partial charge >= 0.3 is 0 Å². The van der Waals surface area contributed by atoms with Crippen LogP contribution in [0.3, 0.4) is 0 Å². The topological polar surface area (TPSA) is 35.0 Å². The molecule has 12 rings (SSSR count). The highest BCUT2D eigenvalue weighted by Gasteiger charge is 2.45. The van der Waals surface area contributed by atoms with Crippen molar-refractivity contribution < 1.29 is 4.74 Å². The highest BCUT2D eigenvalue weighted by atomic mass is 16.5. The summed E-state index contributed by atoms with van der Waals surface area (Å²) in [4.78, 5) is 10.5. The van der Waals surface area contributed by atoms with Crippen molar-refractivity contribution in [2.45, 2.75) is 44.1 Å². The summed E-state index contributed by atoms with van der Waals surface area (Å²) in [5.41, 5.74) is 17.1. The minimum atomic E-state index is -0.991. The second kappa shape index (κ2) is 13.3. The van der Waals surface area contributed by atoms with Crippen molar-refractivity contribution in [1.82, 2.24) is 9.97 Å². The van der Waals surface area contributed by atoms with E-state index < -0.39 is 5.60 Å².